The molecule has 0 spiro atoms. The second-order valence-electron chi connectivity index (χ2n) is 4.64. The van der Waals surface area contributed by atoms with E-state index in [1.165, 1.54) is 0 Å². The summed E-state index contributed by atoms with van der Waals surface area (Å²) in [5.74, 6) is 2.49. The van der Waals surface area contributed by atoms with Crippen LogP contribution in [-0.4, -0.2) is 16.3 Å². The Morgan fingerprint density at radius 1 is 1.14 bits per heavy atom. The van der Waals surface area contributed by atoms with E-state index in [1.807, 2.05) is 41.0 Å². The highest BCUT2D eigenvalue weighted by Crippen LogP contribution is 2.35. The summed E-state index contributed by atoms with van der Waals surface area (Å²) in [4.78, 5) is 4.53. The minimum absolute atomic E-state index is 0.248. The van der Waals surface area contributed by atoms with Gasteiger partial charge in [-0.15, -0.1) is 11.6 Å². The Morgan fingerprint density at radius 3 is 2.86 bits per heavy atom. The van der Waals surface area contributed by atoms with Crippen molar-refractivity contribution in [3.8, 4) is 17.2 Å². The lowest BCUT2D eigenvalue weighted by molar-refractivity contribution is 0.174. The Morgan fingerprint density at radius 2 is 2.00 bits per heavy atom. The predicted molar refractivity (Wildman–Crippen MR) is 81.8 cm³/mol. The smallest absolute Gasteiger partial charge is 0.231 e. The molecule has 106 valence electrons. The predicted octanol–water partition coefficient (Wildman–Crippen LogP) is 4.15. The fourth-order valence-electron chi connectivity index (χ4n) is 2.52. The van der Waals surface area contributed by atoms with Crippen molar-refractivity contribution in [1.82, 2.24) is 9.55 Å². The number of aromatic nitrogens is 2. The van der Waals surface area contributed by atoms with Crippen molar-refractivity contribution >= 4 is 34.2 Å². The fraction of sp³-hybridized carbons (Fsp3) is 0.133. The number of ether oxygens (including phenoxy) is 2. The maximum absolute atomic E-state index is 6.22. The number of nitrogens with zero attached hydrogens (tertiary/aromatic N) is 2. The normalized spacial score (nSPS) is 13.0. The molecule has 0 saturated carbocycles. The Bertz CT molecular complexity index is 845. The molecule has 1 aromatic heterocycles. The zero-order valence-corrected chi connectivity index (χ0v) is 12.4. The van der Waals surface area contributed by atoms with Crippen LogP contribution >= 0.6 is 23.2 Å². The van der Waals surface area contributed by atoms with Crippen LogP contribution in [0.1, 0.15) is 5.82 Å². The van der Waals surface area contributed by atoms with E-state index in [4.69, 9.17) is 32.7 Å². The minimum Gasteiger partial charge on any atom is -0.454 e. The van der Waals surface area contributed by atoms with Gasteiger partial charge in [0.25, 0.3) is 0 Å². The number of hydrogen-bond acceptors (Lipinski definition) is 3. The van der Waals surface area contributed by atoms with Gasteiger partial charge in [-0.25, -0.2) is 4.98 Å². The van der Waals surface area contributed by atoms with Gasteiger partial charge in [-0.05, 0) is 24.3 Å². The first-order chi connectivity index (χ1) is 10.3. The number of para-hydroxylation sites is 1. The van der Waals surface area contributed by atoms with Crippen molar-refractivity contribution in [3.63, 3.8) is 0 Å². The third-order valence-electron chi connectivity index (χ3n) is 3.44. The van der Waals surface area contributed by atoms with Crippen LogP contribution in [0, 0.1) is 0 Å². The summed E-state index contributed by atoms with van der Waals surface area (Å²) < 4.78 is 12.8. The molecule has 4 rings (SSSR count). The van der Waals surface area contributed by atoms with E-state index in [0.29, 0.717) is 10.9 Å². The van der Waals surface area contributed by atoms with Crippen LogP contribution in [-0.2, 0) is 5.88 Å². The van der Waals surface area contributed by atoms with Crippen LogP contribution in [0.5, 0.6) is 11.5 Å². The molecule has 2 aromatic carbocycles. The van der Waals surface area contributed by atoms with Crippen LogP contribution in [0.25, 0.3) is 16.7 Å². The average molecular weight is 321 g/mol. The van der Waals surface area contributed by atoms with Crippen molar-refractivity contribution in [2.45, 2.75) is 5.88 Å². The third-order valence-corrected chi connectivity index (χ3v) is 3.98. The molecule has 0 unspecified atom stereocenters. The number of fused-ring (bicyclic) bond motifs is 2. The molecule has 0 N–H and O–H groups in total. The molecule has 6 heteroatoms. The molecule has 4 nitrogen and oxygen atoms in total. The molecular weight excluding hydrogens is 311 g/mol. The summed E-state index contributed by atoms with van der Waals surface area (Å²) in [6.07, 6.45) is 0. The molecule has 0 radical (unpaired) electrons. The van der Waals surface area contributed by atoms with Gasteiger partial charge < -0.3 is 9.47 Å². The third kappa shape index (κ3) is 1.94. The van der Waals surface area contributed by atoms with E-state index in [1.54, 1.807) is 0 Å². The monoisotopic (exact) mass is 320 g/mol. The Hall–Kier alpha value is -1.91. The molecular formula is C15H10Cl2N2O2. The fourth-order valence-corrected chi connectivity index (χ4v) is 2.91. The van der Waals surface area contributed by atoms with Gasteiger partial charge in [0.05, 0.1) is 22.1 Å². The molecule has 0 bridgehead atoms. The van der Waals surface area contributed by atoms with Crippen LogP contribution in [0.3, 0.4) is 0 Å². The van der Waals surface area contributed by atoms with Crippen LogP contribution in [0.4, 0.5) is 0 Å². The van der Waals surface area contributed by atoms with Crippen molar-refractivity contribution in [2.24, 2.45) is 0 Å². The van der Waals surface area contributed by atoms with E-state index in [9.17, 15) is 0 Å². The zero-order chi connectivity index (χ0) is 14.4. The van der Waals surface area contributed by atoms with E-state index in [-0.39, 0.29) is 6.79 Å². The topological polar surface area (TPSA) is 36.3 Å². The highest BCUT2D eigenvalue weighted by atomic mass is 35.5. The van der Waals surface area contributed by atoms with Gasteiger partial charge in [0, 0.05) is 6.07 Å². The zero-order valence-electron chi connectivity index (χ0n) is 10.8. The quantitative estimate of drug-likeness (QED) is 0.665. The number of hydrogen-bond donors (Lipinski definition) is 0. The van der Waals surface area contributed by atoms with Crippen LogP contribution < -0.4 is 9.47 Å². The van der Waals surface area contributed by atoms with Crippen LogP contribution in [0.2, 0.25) is 5.02 Å². The molecule has 2 heterocycles. The highest BCUT2D eigenvalue weighted by Gasteiger charge is 2.18. The summed E-state index contributed by atoms with van der Waals surface area (Å²) in [7, 11) is 0. The van der Waals surface area contributed by atoms with Gasteiger partial charge in [0.15, 0.2) is 11.5 Å². The van der Waals surface area contributed by atoms with E-state index < -0.39 is 0 Å². The number of imidazole rings is 1. The van der Waals surface area contributed by atoms with Gasteiger partial charge >= 0.3 is 0 Å². The Labute approximate surface area is 130 Å². The van der Waals surface area contributed by atoms with Crippen molar-refractivity contribution in [3.05, 3.63) is 47.2 Å². The van der Waals surface area contributed by atoms with Gasteiger partial charge in [-0.3, -0.25) is 4.57 Å². The number of rotatable bonds is 2. The van der Waals surface area contributed by atoms with E-state index in [0.717, 1.165) is 34.0 Å². The van der Waals surface area contributed by atoms with Crippen molar-refractivity contribution in [2.75, 3.05) is 6.79 Å². The van der Waals surface area contributed by atoms with Crippen molar-refractivity contribution in [1.29, 1.82) is 0 Å². The summed E-state index contributed by atoms with van der Waals surface area (Å²) in [5, 5.41) is 0.610. The maximum Gasteiger partial charge on any atom is 0.231 e. The average Bonchev–Trinajstić information content (AvgIpc) is 3.10. The largest absolute Gasteiger partial charge is 0.454 e. The minimum atomic E-state index is 0.248. The Balaban J connectivity index is 1.99. The molecule has 1 aliphatic rings. The first-order valence-electron chi connectivity index (χ1n) is 6.40. The van der Waals surface area contributed by atoms with Gasteiger partial charge in [0.2, 0.25) is 6.79 Å². The molecule has 0 saturated heterocycles. The lowest BCUT2D eigenvalue weighted by atomic mass is 10.2. The van der Waals surface area contributed by atoms with Gasteiger partial charge in [-0.1, -0.05) is 17.7 Å². The first-order valence-corrected chi connectivity index (χ1v) is 7.31. The van der Waals surface area contributed by atoms with Crippen molar-refractivity contribution < 1.29 is 9.47 Å². The molecule has 1 aliphatic heterocycles. The summed E-state index contributed by atoms with van der Waals surface area (Å²) in [6.45, 7) is 0.248. The molecule has 0 amide bonds. The number of halogens is 2. The Kier molecular flexibility index (Phi) is 2.94. The number of benzene rings is 2. The SMILES string of the molecule is ClCc1nc2c(Cl)cccc2n1-c1ccc2c(c1)OCO2. The maximum atomic E-state index is 6.22. The standard InChI is InChI=1S/C15H10Cl2N2O2/c16-7-14-18-15-10(17)2-1-3-11(15)19(14)9-4-5-12-13(6-9)21-8-20-12/h1-6H,7-8H2. The highest BCUT2D eigenvalue weighted by molar-refractivity contribution is 6.35. The van der Waals surface area contributed by atoms with Crippen LogP contribution in [0.15, 0.2) is 36.4 Å². The summed E-state index contributed by atoms with van der Waals surface area (Å²) >= 11 is 12.3. The summed E-state index contributed by atoms with van der Waals surface area (Å²) in [6, 6.07) is 11.4. The number of alkyl halides is 1. The first kappa shape index (κ1) is 12.8. The van der Waals surface area contributed by atoms with E-state index >= 15 is 0 Å². The lowest BCUT2D eigenvalue weighted by Crippen LogP contribution is -1.99. The van der Waals surface area contributed by atoms with Gasteiger partial charge in [0.1, 0.15) is 11.3 Å². The van der Waals surface area contributed by atoms with Gasteiger partial charge in [-0.2, -0.15) is 0 Å². The lowest BCUT2D eigenvalue weighted by Gasteiger charge is -2.08. The molecule has 0 atom stereocenters. The molecule has 0 fully saturated rings. The molecule has 21 heavy (non-hydrogen) atoms. The molecule has 3 aromatic rings. The van der Waals surface area contributed by atoms with E-state index in [2.05, 4.69) is 4.98 Å². The summed E-state index contributed by atoms with van der Waals surface area (Å²) in [5.41, 5.74) is 2.57. The molecule has 0 aliphatic carbocycles. The second-order valence-corrected chi connectivity index (χ2v) is 5.32. The second kappa shape index (κ2) is 4.83.